The van der Waals surface area contributed by atoms with Crippen molar-refractivity contribution in [2.24, 2.45) is 5.92 Å². The number of carbonyl (C=O) groups is 2. The number of aliphatic carboxylic acids is 1. The molecule has 6 heteroatoms. The van der Waals surface area contributed by atoms with Crippen LogP contribution in [0, 0.1) is 17.6 Å². The average molecular weight is 297 g/mol. The molecule has 1 aliphatic rings. The normalized spacial score (nSPS) is 25.4. The number of hydrogen-bond donors (Lipinski definition) is 2. The quantitative estimate of drug-likeness (QED) is 0.901. The van der Waals surface area contributed by atoms with Gasteiger partial charge in [0, 0.05) is 6.07 Å². The molecule has 1 fully saturated rings. The van der Waals surface area contributed by atoms with Gasteiger partial charge >= 0.3 is 5.97 Å². The first-order valence-corrected chi connectivity index (χ1v) is 6.85. The number of hydrogen-bond acceptors (Lipinski definition) is 2. The second kappa shape index (κ2) is 5.79. The van der Waals surface area contributed by atoms with E-state index in [0.29, 0.717) is 25.3 Å². The zero-order chi connectivity index (χ0) is 15.6. The standard InChI is InChI=1S/C15H17F2NO3/c1-9-3-2-6-15(8-9,14(20)21)18-13(19)11-5-4-10(16)7-12(11)17/h4-5,7,9H,2-3,6,8H2,1H3,(H,18,19)(H,20,21). The fraction of sp³-hybridized carbons (Fsp3) is 0.467. The molecule has 1 aromatic rings. The molecule has 0 spiro atoms. The van der Waals surface area contributed by atoms with Gasteiger partial charge in [0.2, 0.25) is 0 Å². The van der Waals surface area contributed by atoms with Gasteiger partial charge in [-0.1, -0.05) is 19.8 Å². The number of carboxylic acids is 1. The predicted molar refractivity (Wildman–Crippen MR) is 71.8 cm³/mol. The second-order valence-electron chi connectivity index (χ2n) is 5.67. The summed E-state index contributed by atoms with van der Waals surface area (Å²) in [6.07, 6.45) is 2.19. The lowest BCUT2D eigenvalue weighted by Crippen LogP contribution is -2.56. The Morgan fingerprint density at radius 1 is 1.38 bits per heavy atom. The molecule has 2 atom stereocenters. The summed E-state index contributed by atoms with van der Waals surface area (Å²) in [5.41, 5.74) is -1.73. The smallest absolute Gasteiger partial charge is 0.329 e. The molecule has 0 radical (unpaired) electrons. The Morgan fingerprint density at radius 3 is 2.67 bits per heavy atom. The molecule has 1 amide bonds. The summed E-state index contributed by atoms with van der Waals surface area (Å²) in [7, 11) is 0. The van der Waals surface area contributed by atoms with Crippen LogP contribution in [0.4, 0.5) is 8.78 Å². The minimum Gasteiger partial charge on any atom is -0.480 e. The molecular formula is C15H17F2NO3. The third kappa shape index (κ3) is 3.20. The van der Waals surface area contributed by atoms with Gasteiger partial charge in [0.1, 0.15) is 17.2 Å². The molecule has 1 aliphatic carbocycles. The molecule has 0 heterocycles. The first-order chi connectivity index (χ1) is 9.84. The van der Waals surface area contributed by atoms with E-state index in [9.17, 15) is 23.5 Å². The van der Waals surface area contributed by atoms with Crippen LogP contribution in [0.3, 0.4) is 0 Å². The third-order valence-corrected chi connectivity index (χ3v) is 3.94. The lowest BCUT2D eigenvalue weighted by molar-refractivity contribution is -0.146. The summed E-state index contributed by atoms with van der Waals surface area (Å²) in [4.78, 5) is 23.7. The number of amides is 1. The predicted octanol–water partition coefficient (Wildman–Crippen LogP) is 2.73. The number of halogens is 2. The van der Waals surface area contributed by atoms with E-state index in [2.05, 4.69) is 5.32 Å². The molecule has 0 bridgehead atoms. The van der Waals surface area contributed by atoms with Crippen molar-refractivity contribution in [1.29, 1.82) is 0 Å². The Balaban J connectivity index is 2.24. The number of nitrogens with one attached hydrogen (secondary N) is 1. The molecule has 1 saturated carbocycles. The number of carboxylic acid groups (broad SMARTS) is 1. The lowest BCUT2D eigenvalue weighted by atomic mass is 9.76. The van der Waals surface area contributed by atoms with E-state index < -0.39 is 29.0 Å². The number of carbonyl (C=O) groups excluding carboxylic acids is 1. The maximum Gasteiger partial charge on any atom is 0.329 e. The van der Waals surface area contributed by atoms with E-state index in [-0.39, 0.29) is 11.5 Å². The molecule has 1 aromatic carbocycles. The van der Waals surface area contributed by atoms with Gasteiger partial charge in [0.15, 0.2) is 0 Å². The fourth-order valence-electron chi connectivity index (χ4n) is 2.87. The summed E-state index contributed by atoms with van der Waals surface area (Å²) < 4.78 is 26.5. The summed E-state index contributed by atoms with van der Waals surface area (Å²) in [5, 5.41) is 11.9. The van der Waals surface area contributed by atoms with E-state index in [4.69, 9.17) is 0 Å². The summed E-state index contributed by atoms with van der Waals surface area (Å²) in [5.74, 6) is -3.58. The largest absolute Gasteiger partial charge is 0.480 e. The van der Waals surface area contributed by atoms with Crippen molar-refractivity contribution in [3.63, 3.8) is 0 Å². The second-order valence-corrected chi connectivity index (χ2v) is 5.67. The zero-order valence-electron chi connectivity index (χ0n) is 11.7. The molecule has 0 aliphatic heterocycles. The highest BCUT2D eigenvalue weighted by molar-refractivity contribution is 5.98. The average Bonchev–Trinajstić information content (AvgIpc) is 2.38. The highest BCUT2D eigenvalue weighted by atomic mass is 19.1. The van der Waals surface area contributed by atoms with Crippen molar-refractivity contribution in [2.45, 2.75) is 38.1 Å². The molecule has 2 unspecified atom stereocenters. The van der Waals surface area contributed by atoms with Gasteiger partial charge in [0.05, 0.1) is 5.56 Å². The van der Waals surface area contributed by atoms with Crippen molar-refractivity contribution in [2.75, 3.05) is 0 Å². The molecule has 2 rings (SSSR count). The maximum absolute atomic E-state index is 13.6. The Labute approximate surface area is 121 Å². The van der Waals surface area contributed by atoms with E-state index in [1.54, 1.807) is 0 Å². The van der Waals surface area contributed by atoms with E-state index in [0.717, 1.165) is 18.6 Å². The first-order valence-electron chi connectivity index (χ1n) is 6.85. The van der Waals surface area contributed by atoms with Crippen LogP contribution in [0.2, 0.25) is 0 Å². The van der Waals surface area contributed by atoms with Crippen molar-refractivity contribution < 1.29 is 23.5 Å². The summed E-state index contributed by atoms with van der Waals surface area (Å²) in [6.45, 7) is 1.92. The Hall–Kier alpha value is -1.98. The summed E-state index contributed by atoms with van der Waals surface area (Å²) in [6, 6.07) is 2.59. The number of benzene rings is 1. The summed E-state index contributed by atoms with van der Waals surface area (Å²) >= 11 is 0. The van der Waals surface area contributed by atoms with Crippen LogP contribution in [0.1, 0.15) is 43.0 Å². The van der Waals surface area contributed by atoms with E-state index in [1.807, 2.05) is 6.92 Å². The number of rotatable bonds is 3. The Kier molecular flexibility index (Phi) is 4.25. The van der Waals surface area contributed by atoms with E-state index >= 15 is 0 Å². The van der Waals surface area contributed by atoms with Gasteiger partial charge in [0.25, 0.3) is 5.91 Å². The topological polar surface area (TPSA) is 66.4 Å². The molecule has 4 nitrogen and oxygen atoms in total. The van der Waals surface area contributed by atoms with E-state index in [1.165, 1.54) is 0 Å². The van der Waals surface area contributed by atoms with Gasteiger partial charge < -0.3 is 10.4 Å². The van der Waals surface area contributed by atoms with Crippen LogP contribution < -0.4 is 5.32 Å². The molecule has 0 saturated heterocycles. The Bertz CT molecular complexity index is 576. The van der Waals surface area contributed by atoms with Crippen LogP contribution >= 0.6 is 0 Å². The maximum atomic E-state index is 13.6. The van der Waals surface area contributed by atoms with Gasteiger partial charge in [-0.2, -0.15) is 0 Å². The monoisotopic (exact) mass is 297 g/mol. The highest BCUT2D eigenvalue weighted by Crippen LogP contribution is 2.33. The van der Waals surface area contributed by atoms with Crippen LogP contribution in [0.15, 0.2) is 18.2 Å². The minimum atomic E-state index is -1.38. The van der Waals surface area contributed by atoms with Gasteiger partial charge in [-0.3, -0.25) is 4.79 Å². The molecule has 21 heavy (non-hydrogen) atoms. The fourth-order valence-corrected chi connectivity index (χ4v) is 2.87. The molecule has 114 valence electrons. The van der Waals surface area contributed by atoms with Crippen molar-refractivity contribution >= 4 is 11.9 Å². The zero-order valence-corrected chi connectivity index (χ0v) is 11.7. The van der Waals surface area contributed by atoms with Gasteiger partial charge in [-0.25, -0.2) is 13.6 Å². The SMILES string of the molecule is CC1CCCC(NC(=O)c2ccc(F)cc2F)(C(=O)O)C1. The minimum absolute atomic E-state index is 0.160. The van der Waals surface area contributed by atoms with Crippen LogP contribution in [-0.2, 0) is 4.79 Å². The van der Waals surface area contributed by atoms with Gasteiger partial charge in [-0.05, 0) is 30.9 Å². The van der Waals surface area contributed by atoms with Crippen LogP contribution in [0.5, 0.6) is 0 Å². The van der Waals surface area contributed by atoms with Crippen molar-refractivity contribution in [3.8, 4) is 0 Å². The molecule has 2 N–H and O–H groups in total. The highest BCUT2D eigenvalue weighted by Gasteiger charge is 2.43. The van der Waals surface area contributed by atoms with Crippen LogP contribution in [-0.4, -0.2) is 22.5 Å². The van der Waals surface area contributed by atoms with Crippen LogP contribution in [0.25, 0.3) is 0 Å². The molecular weight excluding hydrogens is 280 g/mol. The lowest BCUT2D eigenvalue weighted by Gasteiger charge is -2.37. The first kappa shape index (κ1) is 15.4. The van der Waals surface area contributed by atoms with Crippen molar-refractivity contribution in [3.05, 3.63) is 35.4 Å². The molecule has 0 aromatic heterocycles. The van der Waals surface area contributed by atoms with Gasteiger partial charge in [-0.15, -0.1) is 0 Å². The third-order valence-electron chi connectivity index (χ3n) is 3.94. The Morgan fingerprint density at radius 2 is 2.10 bits per heavy atom. The van der Waals surface area contributed by atoms with Crippen molar-refractivity contribution in [1.82, 2.24) is 5.32 Å².